The molecule has 1 aliphatic carbocycles. The fraction of sp³-hybridized carbons (Fsp3) is 0.889. The maximum absolute atomic E-state index is 11.5. The van der Waals surface area contributed by atoms with E-state index in [1.165, 1.54) is 0 Å². The van der Waals surface area contributed by atoms with Gasteiger partial charge in [0.25, 0.3) is 0 Å². The molecule has 2 aliphatic rings. The van der Waals surface area contributed by atoms with Crippen molar-refractivity contribution in [1.82, 2.24) is 0 Å². The molecule has 1 N–H and O–H groups in total. The van der Waals surface area contributed by atoms with Crippen LogP contribution in [0.2, 0.25) is 0 Å². The summed E-state index contributed by atoms with van der Waals surface area (Å²) < 4.78 is 9.87. The minimum atomic E-state index is -0.945. The molecule has 74 valence electrons. The van der Waals surface area contributed by atoms with Gasteiger partial charge in [-0.2, -0.15) is 0 Å². The Labute approximate surface area is 76.8 Å². The highest BCUT2D eigenvalue weighted by molar-refractivity contribution is 5.81. The number of hydrogen-bond donors (Lipinski definition) is 1. The lowest BCUT2D eigenvalue weighted by atomic mass is 9.82. The van der Waals surface area contributed by atoms with E-state index < -0.39 is 11.0 Å². The molecule has 4 nitrogen and oxygen atoms in total. The SMILES string of the molecule is CCOC(=O)C1(C2(O)COC2)CC1. The van der Waals surface area contributed by atoms with Crippen molar-refractivity contribution in [2.24, 2.45) is 5.41 Å². The number of esters is 1. The molecular weight excluding hydrogens is 172 g/mol. The largest absolute Gasteiger partial charge is 0.465 e. The van der Waals surface area contributed by atoms with E-state index in [1.807, 2.05) is 0 Å². The first-order chi connectivity index (χ1) is 6.15. The summed E-state index contributed by atoms with van der Waals surface area (Å²) in [4.78, 5) is 11.5. The van der Waals surface area contributed by atoms with E-state index in [1.54, 1.807) is 6.92 Å². The molecule has 13 heavy (non-hydrogen) atoms. The van der Waals surface area contributed by atoms with Crippen LogP contribution in [0.5, 0.6) is 0 Å². The molecule has 1 saturated heterocycles. The molecule has 4 heteroatoms. The Morgan fingerprint density at radius 3 is 2.46 bits per heavy atom. The van der Waals surface area contributed by atoms with Crippen molar-refractivity contribution in [3.8, 4) is 0 Å². The highest BCUT2D eigenvalue weighted by Gasteiger charge is 2.68. The van der Waals surface area contributed by atoms with E-state index in [4.69, 9.17) is 9.47 Å². The van der Waals surface area contributed by atoms with E-state index >= 15 is 0 Å². The fourth-order valence-electron chi connectivity index (χ4n) is 1.83. The first kappa shape index (κ1) is 8.97. The number of ether oxygens (including phenoxy) is 2. The van der Waals surface area contributed by atoms with Crippen molar-refractivity contribution in [1.29, 1.82) is 0 Å². The molecule has 0 spiro atoms. The second-order valence-electron chi connectivity index (χ2n) is 3.83. The molecule has 0 unspecified atom stereocenters. The van der Waals surface area contributed by atoms with E-state index in [-0.39, 0.29) is 19.2 Å². The first-order valence-electron chi connectivity index (χ1n) is 4.62. The van der Waals surface area contributed by atoms with Crippen LogP contribution in [0.25, 0.3) is 0 Å². The lowest BCUT2D eigenvalue weighted by Gasteiger charge is -2.41. The van der Waals surface area contributed by atoms with Gasteiger partial charge in [0.2, 0.25) is 0 Å². The van der Waals surface area contributed by atoms with Gasteiger partial charge in [0.15, 0.2) is 0 Å². The number of hydrogen-bond acceptors (Lipinski definition) is 4. The zero-order valence-corrected chi connectivity index (χ0v) is 7.71. The monoisotopic (exact) mass is 186 g/mol. The van der Waals surface area contributed by atoms with Crippen molar-refractivity contribution in [2.45, 2.75) is 25.4 Å². The number of aliphatic hydroxyl groups is 1. The van der Waals surface area contributed by atoms with Crippen LogP contribution in [0.4, 0.5) is 0 Å². The van der Waals surface area contributed by atoms with Crippen LogP contribution >= 0.6 is 0 Å². The molecule has 1 heterocycles. The second kappa shape index (κ2) is 2.69. The van der Waals surface area contributed by atoms with Crippen LogP contribution in [0.1, 0.15) is 19.8 Å². The third kappa shape index (κ3) is 1.09. The van der Waals surface area contributed by atoms with Gasteiger partial charge in [-0.05, 0) is 19.8 Å². The van der Waals surface area contributed by atoms with Crippen LogP contribution in [0.3, 0.4) is 0 Å². The lowest BCUT2D eigenvalue weighted by molar-refractivity contribution is -0.224. The summed E-state index contributed by atoms with van der Waals surface area (Å²) in [6, 6.07) is 0. The summed E-state index contributed by atoms with van der Waals surface area (Å²) in [6.45, 7) is 2.68. The highest BCUT2D eigenvalue weighted by atomic mass is 16.6. The van der Waals surface area contributed by atoms with Gasteiger partial charge in [0, 0.05) is 0 Å². The fourth-order valence-corrected chi connectivity index (χ4v) is 1.83. The van der Waals surface area contributed by atoms with E-state index in [0.29, 0.717) is 6.61 Å². The van der Waals surface area contributed by atoms with Gasteiger partial charge in [-0.25, -0.2) is 0 Å². The molecule has 0 amide bonds. The maximum Gasteiger partial charge on any atom is 0.315 e. The summed E-state index contributed by atoms with van der Waals surface area (Å²) >= 11 is 0. The molecule has 0 aromatic carbocycles. The molecular formula is C9H14O4. The minimum Gasteiger partial charge on any atom is -0.465 e. The van der Waals surface area contributed by atoms with Gasteiger partial charge < -0.3 is 14.6 Å². The van der Waals surface area contributed by atoms with Crippen molar-refractivity contribution < 1.29 is 19.4 Å². The topological polar surface area (TPSA) is 55.8 Å². The van der Waals surface area contributed by atoms with E-state index in [2.05, 4.69) is 0 Å². The number of rotatable bonds is 3. The average Bonchev–Trinajstić information content (AvgIpc) is 2.81. The number of carbonyl (C=O) groups excluding carboxylic acids is 1. The van der Waals surface area contributed by atoms with Gasteiger partial charge in [0.1, 0.15) is 11.0 Å². The Balaban J connectivity index is 2.07. The van der Waals surface area contributed by atoms with Crippen molar-refractivity contribution in [2.75, 3.05) is 19.8 Å². The van der Waals surface area contributed by atoms with Crippen LogP contribution in [0.15, 0.2) is 0 Å². The summed E-state index contributed by atoms with van der Waals surface area (Å²) in [5, 5.41) is 9.97. The van der Waals surface area contributed by atoms with Gasteiger partial charge in [-0.15, -0.1) is 0 Å². The molecule has 0 aromatic heterocycles. The second-order valence-corrected chi connectivity index (χ2v) is 3.83. The smallest absolute Gasteiger partial charge is 0.315 e. The molecule has 0 aromatic rings. The van der Waals surface area contributed by atoms with Crippen molar-refractivity contribution >= 4 is 5.97 Å². The third-order valence-corrected chi connectivity index (χ3v) is 2.99. The van der Waals surface area contributed by atoms with Crippen LogP contribution < -0.4 is 0 Å². The molecule has 1 aliphatic heterocycles. The van der Waals surface area contributed by atoms with E-state index in [9.17, 15) is 9.90 Å². The highest BCUT2D eigenvalue weighted by Crippen LogP contribution is 2.57. The Kier molecular flexibility index (Phi) is 1.85. The summed E-state index contributed by atoms with van der Waals surface area (Å²) in [5.41, 5.74) is -1.58. The first-order valence-corrected chi connectivity index (χ1v) is 4.62. The quantitative estimate of drug-likeness (QED) is 0.635. The van der Waals surface area contributed by atoms with Crippen LogP contribution in [-0.2, 0) is 14.3 Å². The number of carbonyl (C=O) groups is 1. The molecule has 1 saturated carbocycles. The zero-order valence-electron chi connectivity index (χ0n) is 7.71. The van der Waals surface area contributed by atoms with Crippen molar-refractivity contribution in [3.05, 3.63) is 0 Å². The minimum absolute atomic E-state index is 0.263. The van der Waals surface area contributed by atoms with Crippen LogP contribution in [0, 0.1) is 5.41 Å². The van der Waals surface area contributed by atoms with E-state index in [0.717, 1.165) is 12.8 Å². The van der Waals surface area contributed by atoms with Gasteiger partial charge in [-0.3, -0.25) is 4.79 Å². The molecule has 0 bridgehead atoms. The zero-order chi connectivity index (χ0) is 9.53. The molecule has 2 rings (SSSR count). The third-order valence-electron chi connectivity index (χ3n) is 2.99. The predicted octanol–water partition coefficient (Wildman–Crippen LogP) is 0.0910. The van der Waals surface area contributed by atoms with Gasteiger partial charge in [0.05, 0.1) is 19.8 Å². The van der Waals surface area contributed by atoms with Crippen molar-refractivity contribution in [3.63, 3.8) is 0 Å². The van der Waals surface area contributed by atoms with Gasteiger partial charge >= 0.3 is 5.97 Å². The molecule has 2 fully saturated rings. The Morgan fingerprint density at radius 2 is 2.15 bits per heavy atom. The van der Waals surface area contributed by atoms with Crippen LogP contribution in [-0.4, -0.2) is 36.5 Å². The normalized spacial score (nSPS) is 27.5. The summed E-state index contributed by atoms with van der Waals surface area (Å²) in [7, 11) is 0. The summed E-state index contributed by atoms with van der Waals surface area (Å²) in [5.74, 6) is -0.263. The maximum atomic E-state index is 11.5. The predicted molar refractivity (Wildman–Crippen MR) is 44.1 cm³/mol. The summed E-state index contributed by atoms with van der Waals surface area (Å²) in [6.07, 6.45) is 1.46. The molecule has 0 radical (unpaired) electrons. The van der Waals surface area contributed by atoms with Gasteiger partial charge in [-0.1, -0.05) is 0 Å². The Morgan fingerprint density at radius 1 is 1.54 bits per heavy atom. The molecule has 0 atom stereocenters. The average molecular weight is 186 g/mol. The lowest BCUT2D eigenvalue weighted by Crippen LogP contribution is -2.59. The standard InChI is InChI=1S/C9H14O4/c1-2-13-7(10)8(3-4-8)9(11)5-12-6-9/h11H,2-6H2,1H3. The Bertz CT molecular complexity index is 228. The Hall–Kier alpha value is -0.610.